The Morgan fingerprint density at radius 3 is 3.10 bits per heavy atom. The van der Waals surface area contributed by atoms with Gasteiger partial charge in [0.2, 0.25) is 5.91 Å². The second-order valence-corrected chi connectivity index (χ2v) is 5.29. The number of carbonyl (C=O) groups is 1. The van der Waals surface area contributed by atoms with Crippen LogP contribution in [-0.4, -0.2) is 44.4 Å². The molecule has 1 aliphatic heterocycles. The van der Waals surface area contributed by atoms with Crippen molar-refractivity contribution in [2.24, 2.45) is 0 Å². The number of rotatable bonds is 6. The van der Waals surface area contributed by atoms with Gasteiger partial charge in [-0.2, -0.15) is 0 Å². The summed E-state index contributed by atoms with van der Waals surface area (Å²) in [6.45, 7) is 6.40. The monoisotopic (exact) mass is 292 g/mol. The molecule has 5 nitrogen and oxygen atoms in total. The van der Waals surface area contributed by atoms with E-state index in [1.807, 2.05) is 31.2 Å². The summed E-state index contributed by atoms with van der Waals surface area (Å²) in [5.41, 5.74) is 1.16. The summed E-state index contributed by atoms with van der Waals surface area (Å²) in [4.78, 5) is 12.0. The van der Waals surface area contributed by atoms with Crippen LogP contribution in [0.25, 0.3) is 0 Å². The van der Waals surface area contributed by atoms with Gasteiger partial charge in [0, 0.05) is 6.54 Å². The number of aryl methyl sites for hydroxylation is 1. The predicted octanol–water partition coefficient (Wildman–Crippen LogP) is 1.26. The van der Waals surface area contributed by atoms with Crippen molar-refractivity contribution in [1.29, 1.82) is 0 Å². The molecule has 1 heterocycles. The van der Waals surface area contributed by atoms with Crippen LogP contribution >= 0.6 is 0 Å². The van der Waals surface area contributed by atoms with Crippen molar-refractivity contribution in [3.63, 3.8) is 0 Å². The van der Waals surface area contributed by atoms with Crippen LogP contribution in [0.15, 0.2) is 24.3 Å². The molecule has 5 heteroatoms. The first-order valence-electron chi connectivity index (χ1n) is 7.51. The smallest absolute Gasteiger partial charge is 0.239 e. The molecule has 0 aromatic heterocycles. The van der Waals surface area contributed by atoms with Crippen molar-refractivity contribution in [1.82, 2.24) is 10.6 Å². The molecule has 1 saturated heterocycles. The van der Waals surface area contributed by atoms with Crippen LogP contribution in [0.4, 0.5) is 0 Å². The lowest BCUT2D eigenvalue weighted by Crippen LogP contribution is -2.52. The SMILES string of the molecule is CCC(CNC(=O)C1COCCN1)Oc1cccc(C)c1. The fourth-order valence-electron chi connectivity index (χ4n) is 2.22. The van der Waals surface area contributed by atoms with Gasteiger partial charge in [0.1, 0.15) is 17.9 Å². The molecule has 0 aliphatic carbocycles. The summed E-state index contributed by atoms with van der Waals surface area (Å²) >= 11 is 0. The van der Waals surface area contributed by atoms with Crippen LogP contribution in [0.3, 0.4) is 0 Å². The van der Waals surface area contributed by atoms with Crippen molar-refractivity contribution in [2.45, 2.75) is 32.4 Å². The molecule has 2 rings (SSSR count). The van der Waals surface area contributed by atoms with E-state index in [9.17, 15) is 4.79 Å². The third-order valence-electron chi connectivity index (χ3n) is 3.49. The van der Waals surface area contributed by atoms with Crippen molar-refractivity contribution in [3.8, 4) is 5.75 Å². The van der Waals surface area contributed by atoms with Crippen LogP contribution < -0.4 is 15.4 Å². The van der Waals surface area contributed by atoms with Gasteiger partial charge in [0.05, 0.1) is 19.8 Å². The Morgan fingerprint density at radius 1 is 1.57 bits per heavy atom. The van der Waals surface area contributed by atoms with E-state index in [-0.39, 0.29) is 18.1 Å². The number of ether oxygens (including phenoxy) is 2. The van der Waals surface area contributed by atoms with E-state index in [1.165, 1.54) is 0 Å². The Kier molecular flexibility index (Phi) is 6.02. The number of hydrogen-bond donors (Lipinski definition) is 2. The molecular weight excluding hydrogens is 268 g/mol. The van der Waals surface area contributed by atoms with Gasteiger partial charge in [-0.1, -0.05) is 19.1 Å². The summed E-state index contributed by atoms with van der Waals surface area (Å²) in [6.07, 6.45) is 0.809. The number of hydrogen-bond acceptors (Lipinski definition) is 4. The van der Waals surface area contributed by atoms with Crippen molar-refractivity contribution in [3.05, 3.63) is 29.8 Å². The minimum Gasteiger partial charge on any atom is -0.489 e. The van der Waals surface area contributed by atoms with Gasteiger partial charge in [-0.3, -0.25) is 4.79 Å². The molecule has 2 unspecified atom stereocenters. The summed E-state index contributed by atoms with van der Waals surface area (Å²) in [5, 5.41) is 6.07. The van der Waals surface area contributed by atoms with Crippen LogP contribution in [0.1, 0.15) is 18.9 Å². The normalized spacial score (nSPS) is 19.8. The number of benzene rings is 1. The average Bonchev–Trinajstić information content (AvgIpc) is 2.52. The number of carbonyl (C=O) groups excluding carboxylic acids is 1. The topological polar surface area (TPSA) is 59.6 Å². The zero-order valence-corrected chi connectivity index (χ0v) is 12.7. The van der Waals surface area contributed by atoms with Gasteiger partial charge in [0.25, 0.3) is 0 Å². The lowest BCUT2D eigenvalue weighted by molar-refractivity contribution is -0.126. The Bertz CT molecular complexity index is 459. The van der Waals surface area contributed by atoms with Gasteiger partial charge in [-0.25, -0.2) is 0 Å². The highest BCUT2D eigenvalue weighted by molar-refractivity contribution is 5.82. The Labute approximate surface area is 126 Å². The van der Waals surface area contributed by atoms with Crippen molar-refractivity contribution in [2.75, 3.05) is 26.3 Å². The van der Waals surface area contributed by atoms with E-state index >= 15 is 0 Å². The van der Waals surface area contributed by atoms with Crippen LogP contribution in [0.5, 0.6) is 5.75 Å². The standard InChI is InChI=1S/C16H24N2O3/c1-3-13(21-14-6-4-5-12(2)9-14)10-18-16(19)15-11-20-8-7-17-15/h4-6,9,13,15,17H,3,7-8,10-11H2,1-2H3,(H,18,19). The summed E-state index contributed by atoms with van der Waals surface area (Å²) < 4.78 is 11.2. The number of morpholine rings is 1. The van der Waals surface area contributed by atoms with E-state index in [4.69, 9.17) is 9.47 Å². The molecule has 116 valence electrons. The molecule has 0 bridgehead atoms. The van der Waals surface area contributed by atoms with Crippen molar-refractivity contribution < 1.29 is 14.3 Å². The van der Waals surface area contributed by atoms with Gasteiger partial charge < -0.3 is 20.1 Å². The van der Waals surface area contributed by atoms with Crippen LogP contribution in [-0.2, 0) is 9.53 Å². The third-order valence-corrected chi connectivity index (χ3v) is 3.49. The van der Waals surface area contributed by atoms with E-state index in [0.29, 0.717) is 19.8 Å². The largest absolute Gasteiger partial charge is 0.489 e. The van der Waals surface area contributed by atoms with Crippen LogP contribution in [0.2, 0.25) is 0 Å². The Morgan fingerprint density at radius 2 is 2.43 bits per heavy atom. The summed E-state index contributed by atoms with van der Waals surface area (Å²) in [7, 11) is 0. The molecule has 1 aromatic carbocycles. The molecule has 0 saturated carbocycles. The van der Waals surface area contributed by atoms with Crippen molar-refractivity contribution >= 4 is 5.91 Å². The van der Waals surface area contributed by atoms with E-state index in [1.54, 1.807) is 0 Å². The number of nitrogens with one attached hydrogen (secondary N) is 2. The highest BCUT2D eigenvalue weighted by Gasteiger charge is 2.21. The van der Waals surface area contributed by atoms with E-state index in [0.717, 1.165) is 24.3 Å². The van der Waals surface area contributed by atoms with E-state index in [2.05, 4.69) is 17.6 Å². The van der Waals surface area contributed by atoms with Gasteiger partial charge >= 0.3 is 0 Å². The zero-order valence-electron chi connectivity index (χ0n) is 12.7. The van der Waals surface area contributed by atoms with Gasteiger partial charge in [-0.05, 0) is 31.0 Å². The Hall–Kier alpha value is -1.59. The van der Waals surface area contributed by atoms with E-state index < -0.39 is 0 Å². The number of amides is 1. The molecule has 1 fully saturated rings. The second-order valence-electron chi connectivity index (χ2n) is 5.29. The fourth-order valence-corrected chi connectivity index (χ4v) is 2.22. The first kappa shape index (κ1) is 15.8. The predicted molar refractivity (Wildman–Crippen MR) is 81.5 cm³/mol. The summed E-state index contributed by atoms with van der Waals surface area (Å²) in [5.74, 6) is 0.816. The van der Waals surface area contributed by atoms with Gasteiger partial charge in [-0.15, -0.1) is 0 Å². The minimum atomic E-state index is -0.254. The maximum Gasteiger partial charge on any atom is 0.239 e. The molecule has 0 spiro atoms. The lowest BCUT2D eigenvalue weighted by Gasteiger charge is -2.24. The Balaban J connectivity index is 1.80. The van der Waals surface area contributed by atoms with Gasteiger partial charge in [0.15, 0.2) is 0 Å². The highest BCUT2D eigenvalue weighted by atomic mass is 16.5. The van der Waals surface area contributed by atoms with Crippen LogP contribution in [0, 0.1) is 6.92 Å². The fraction of sp³-hybridized carbons (Fsp3) is 0.562. The molecule has 1 aliphatic rings. The third kappa shape index (κ3) is 5.02. The molecule has 1 aromatic rings. The molecule has 2 N–H and O–H groups in total. The minimum absolute atomic E-state index is 0.0269. The zero-order chi connectivity index (χ0) is 15.1. The molecule has 21 heavy (non-hydrogen) atoms. The maximum absolute atomic E-state index is 12.0. The molecule has 2 atom stereocenters. The molecular formula is C16H24N2O3. The molecule has 0 radical (unpaired) electrons. The summed E-state index contributed by atoms with van der Waals surface area (Å²) in [6, 6.07) is 7.69. The lowest BCUT2D eigenvalue weighted by atomic mass is 10.2. The average molecular weight is 292 g/mol. The quantitative estimate of drug-likeness (QED) is 0.828. The maximum atomic E-state index is 12.0. The highest BCUT2D eigenvalue weighted by Crippen LogP contribution is 2.15. The molecule has 1 amide bonds. The second kappa shape index (κ2) is 8.00. The first-order valence-corrected chi connectivity index (χ1v) is 7.51. The first-order chi connectivity index (χ1) is 10.2.